The van der Waals surface area contributed by atoms with Gasteiger partial charge in [0.25, 0.3) is 5.91 Å². The second kappa shape index (κ2) is 6.74. The normalized spacial score (nSPS) is 18.3. The number of hydrogen-bond acceptors (Lipinski definition) is 5. The van der Waals surface area contributed by atoms with Crippen LogP contribution in [-0.4, -0.2) is 53.0 Å². The Hall–Kier alpha value is -2.83. The molecule has 1 fully saturated rings. The number of pyridine rings is 1. The van der Waals surface area contributed by atoms with E-state index in [0.29, 0.717) is 25.2 Å². The summed E-state index contributed by atoms with van der Waals surface area (Å²) in [7, 11) is 0. The van der Waals surface area contributed by atoms with E-state index in [2.05, 4.69) is 4.98 Å². The highest BCUT2D eigenvalue weighted by Gasteiger charge is 2.30. The number of carbonyl (C=O) groups is 2. The summed E-state index contributed by atoms with van der Waals surface area (Å²) in [5.41, 5.74) is 2.23. The fraction of sp³-hybridized carbons (Fsp3) is 0.353. The fourth-order valence-electron chi connectivity index (χ4n) is 2.88. The number of aromatic nitrogens is 1. The predicted octanol–water partition coefficient (Wildman–Crippen LogP) is 1.65. The molecule has 24 heavy (non-hydrogen) atoms. The lowest BCUT2D eigenvalue weighted by Crippen LogP contribution is -2.37. The van der Waals surface area contributed by atoms with Gasteiger partial charge in [0.1, 0.15) is 6.26 Å². The van der Waals surface area contributed by atoms with E-state index in [1.807, 2.05) is 24.0 Å². The second-order valence-electron chi connectivity index (χ2n) is 5.90. The minimum atomic E-state index is -0.905. The van der Waals surface area contributed by atoms with E-state index in [1.54, 1.807) is 17.2 Å². The average Bonchev–Trinajstić information content (AvgIpc) is 2.99. The molecule has 0 unspecified atom stereocenters. The molecular weight excluding hydrogens is 310 g/mol. The molecule has 7 heteroatoms. The number of rotatable bonds is 3. The number of amides is 1. The van der Waals surface area contributed by atoms with Gasteiger partial charge in [0.05, 0.1) is 17.7 Å². The number of carbonyl (C=O) groups excluding carboxylic acids is 1. The molecule has 0 saturated carbocycles. The molecule has 0 aromatic carbocycles. The van der Waals surface area contributed by atoms with Crippen LogP contribution in [-0.2, 0) is 4.79 Å². The topological polar surface area (TPSA) is 86.9 Å². The minimum absolute atomic E-state index is 0.180. The fourth-order valence-corrected chi connectivity index (χ4v) is 2.88. The van der Waals surface area contributed by atoms with Crippen molar-refractivity contribution < 1.29 is 19.1 Å². The number of hydrogen-bond donors (Lipinski definition) is 1. The van der Waals surface area contributed by atoms with E-state index in [9.17, 15) is 14.7 Å². The summed E-state index contributed by atoms with van der Waals surface area (Å²) in [6.07, 6.45) is 4.53. The van der Waals surface area contributed by atoms with Crippen molar-refractivity contribution in [2.45, 2.75) is 6.92 Å². The molecule has 2 aromatic rings. The van der Waals surface area contributed by atoms with Crippen LogP contribution < -0.4 is 4.90 Å². The first-order valence-corrected chi connectivity index (χ1v) is 7.76. The van der Waals surface area contributed by atoms with Gasteiger partial charge in [-0.2, -0.15) is 0 Å². The molecule has 7 nitrogen and oxygen atoms in total. The molecule has 0 radical (unpaired) electrons. The number of nitrogens with zero attached hydrogens (tertiary/aromatic N) is 3. The van der Waals surface area contributed by atoms with Gasteiger partial charge >= 0.3 is 5.97 Å². The van der Waals surface area contributed by atoms with Crippen molar-refractivity contribution in [2.24, 2.45) is 5.92 Å². The predicted molar refractivity (Wildman–Crippen MR) is 86.9 cm³/mol. The number of aliphatic carboxylic acids is 1. The molecule has 1 saturated heterocycles. The molecule has 1 aliphatic heterocycles. The first-order chi connectivity index (χ1) is 11.5. The molecule has 1 amide bonds. The van der Waals surface area contributed by atoms with Gasteiger partial charge in [-0.25, -0.2) is 0 Å². The number of carboxylic acids is 1. The summed E-state index contributed by atoms with van der Waals surface area (Å²) in [5, 5.41) is 9.52. The standard InChI is InChI=1S/C17H19N3O4/c1-12-8-15(2-4-18-12)19-5-6-20(10-14(9-19)17(22)23)16(21)13-3-7-24-11-13/h2-4,7-8,11,14H,5-6,9-10H2,1H3,(H,22,23)/t14-/m0/s1. The van der Waals surface area contributed by atoms with Crippen LogP contribution in [0, 0.1) is 12.8 Å². The number of aryl methyl sites for hydroxylation is 1. The van der Waals surface area contributed by atoms with E-state index in [-0.39, 0.29) is 12.5 Å². The smallest absolute Gasteiger partial charge is 0.310 e. The number of anilines is 1. The van der Waals surface area contributed by atoms with Crippen LogP contribution in [0.4, 0.5) is 5.69 Å². The first kappa shape index (κ1) is 16.0. The van der Waals surface area contributed by atoms with Gasteiger partial charge in [-0.3, -0.25) is 14.6 Å². The highest BCUT2D eigenvalue weighted by atomic mass is 16.4. The molecule has 3 heterocycles. The van der Waals surface area contributed by atoms with Gasteiger partial charge in [-0.05, 0) is 25.1 Å². The zero-order valence-corrected chi connectivity index (χ0v) is 13.4. The Morgan fingerprint density at radius 3 is 2.79 bits per heavy atom. The lowest BCUT2D eigenvalue weighted by molar-refractivity contribution is -0.141. The third-order valence-electron chi connectivity index (χ3n) is 4.17. The largest absolute Gasteiger partial charge is 0.481 e. The van der Waals surface area contributed by atoms with Crippen molar-refractivity contribution >= 4 is 17.6 Å². The first-order valence-electron chi connectivity index (χ1n) is 7.76. The Morgan fingerprint density at radius 2 is 2.12 bits per heavy atom. The summed E-state index contributed by atoms with van der Waals surface area (Å²) in [6, 6.07) is 5.37. The molecule has 2 aromatic heterocycles. The molecule has 0 bridgehead atoms. The highest BCUT2D eigenvalue weighted by molar-refractivity contribution is 5.94. The molecule has 0 aliphatic carbocycles. The van der Waals surface area contributed by atoms with Crippen LogP contribution in [0.15, 0.2) is 41.3 Å². The monoisotopic (exact) mass is 329 g/mol. The van der Waals surface area contributed by atoms with Crippen molar-refractivity contribution in [3.05, 3.63) is 48.2 Å². The van der Waals surface area contributed by atoms with Crippen molar-refractivity contribution in [1.29, 1.82) is 0 Å². The maximum atomic E-state index is 12.5. The zero-order valence-electron chi connectivity index (χ0n) is 13.4. The third-order valence-corrected chi connectivity index (χ3v) is 4.17. The quantitative estimate of drug-likeness (QED) is 0.921. The molecule has 0 spiro atoms. The van der Waals surface area contributed by atoms with Gasteiger partial charge in [-0.1, -0.05) is 0 Å². The Labute approximate surface area is 139 Å². The van der Waals surface area contributed by atoms with Crippen LogP contribution in [0.1, 0.15) is 16.1 Å². The van der Waals surface area contributed by atoms with E-state index >= 15 is 0 Å². The molecular formula is C17H19N3O4. The van der Waals surface area contributed by atoms with Crippen LogP contribution >= 0.6 is 0 Å². The highest BCUT2D eigenvalue weighted by Crippen LogP contribution is 2.20. The van der Waals surface area contributed by atoms with E-state index in [0.717, 1.165) is 11.4 Å². The summed E-state index contributed by atoms with van der Waals surface area (Å²) < 4.78 is 4.95. The second-order valence-corrected chi connectivity index (χ2v) is 5.90. The SMILES string of the molecule is Cc1cc(N2CCN(C(=O)c3ccoc3)C[C@@H](C(=O)O)C2)ccn1. The van der Waals surface area contributed by atoms with Crippen LogP contribution in [0.25, 0.3) is 0 Å². The van der Waals surface area contributed by atoms with Crippen molar-refractivity contribution in [1.82, 2.24) is 9.88 Å². The van der Waals surface area contributed by atoms with Crippen molar-refractivity contribution in [3.8, 4) is 0 Å². The van der Waals surface area contributed by atoms with Crippen molar-refractivity contribution in [3.63, 3.8) is 0 Å². The van der Waals surface area contributed by atoms with Crippen LogP contribution in [0.5, 0.6) is 0 Å². The maximum absolute atomic E-state index is 12.5. The van der Waals surface area contributed by atoms with E-state index in [1.165, 1.54) is 12.5 Å². The summed E-state index contributed by atoms with van der Waals surface area (Å²) in [6.45, 7) is 3.45. The van der Waals surface area contributed by atoms with Gasteiger partial charge in [0.2, 0.25) is 0 Å². The average molecular weight is 329 g/mol. The third kappa shape index (κ3) is 3.40. The Bertz CT molecular complexity index is 729. The van der Waals surface area contributed by atoms with Gasteiger partial charge in [0, 0.05) is 43.8 Å². The van der Waals surface area contributed by atoms with E-state index in [4.69, 9.17) is 4.42 Å². The minimum Gasteiger partial charge on any atom is -0.481 e. The van der Waals surface area contributed by atoms with Crippen molar-refractivity contribution in [2.75, 3.05) is 31.1 Å². The van der Waals surface area contributed by atoms with Gasteiger partial charge < -0.3 is 19.3 Å². The number of carboxylic acid groups (broad SMARTS) is 1. The molecule has 1 atom stereocenters. The summed E-state index contributed by atoms with van der Waals surface area (Å²) >= 11 is 0. The van der Waals surface area contributed by atoms with Crippen LogP contribution in [0.2, 0.25) is 0 Å². The summed E-state index contributed by atoms with van der Waals surface area (Å²) in [4.78, 5) is 31.9. The molecule has 3 rings (SSSR count). The van der Waals surface area contributed by atoms with Gasteiger partial charge in [0.15, 0.2) is 0 Å². The van der Waals surface area contributed by atoms with E-state index < -0.39 is 11.9 Å². The van der Waals surface area contributed by atoms with Crippen LogP contribution in [0.3, 0.4) is 0 Å². The van der Waals surface area contributed by atoms with Gasteiger partial charge in [-0.15, -0.1) is 0 Å². The molecule has 1 aliphatic rings. The Morgan fingerprint density at radius 1 is 1.29 bits per heavy atom. The Balaban J connectivity index is 1.82. The molecule has 1 N–H and O–H groups in total. The maximum Gasteiger partial charge on any atom is 0.310 e. The number of furan rings is 1. The molecule has 126 valence electrons. The lowest BCUT2D eigenvalue weighted by atomic mass is 10.1. The Kier molecular flexibility index (Phi) is 4.50. The summed E-state index contributed by atoms with van der Waals surface area (Å²) in [5.74, 6) is -1.77. The lowest BCUT2D eigenvalue weighted by Gasteiger charge is -2.24. The zero-order chi connectivity index (χ0) is 17.1.